The van der Waals surface area contributed by atoms with Crippen molar-refractivity contribution in [2.75, 3.05) is 0 Å². The Morgan fingerprint density at radius 2 is 2.40 bits per heavy atom. The number of hydrogen-bond acceptors (Lipinski definition) is 2. The van der Waals surface area contributed by atoms with Crippen LogP contribution < -0.4 is 0 Å². The highest BCUT2D eigenvalue weighted by Crippen LogP contribution is 2.05. The minimum atomic E-state index is -0.347. The largest absolute Gasteiger partial charge is 0.389 e. The minimum Gasteiger partial charge on any atom is -0.389 e. The molecule has 78 valence electrons. The number of rotatable bonds is 3. The molecule has 0 saturated carbocycles. The second-order valence-electron chi connectivity index (χ2n) is 2.97. The molecule has 0 saturated heterocycles. The number of hydrogen-bond donors (Lipinski definition) is 1. The van der Waals surface area contributed by atoms with Crippen molar-refractivity contribution >= 4 is 11.3 Å². The zero-order valence-electron chi connectivity index (χ0n) is 8.68. The van der Waals surface area contributed by atoms with E-state index in [1.165, 1.54) is 0 Å². The van der Waals surface area contributed by atoms with Crippen LogP contribution in [0.1, 0.15) is 18.2 Å². The van der Waals surface area contributed by atoms with Crippen LogP contribution in [0.25, 0.3) is 0 Å². The molecule has 0 aliphatic heterocycles. The number of aliphatic hydroxyl groups excluding tert-OH is 1. The first-order valence-corrected chi connectivity index (χ1v) is 5.77. The third-order valence-corrected chi connectivity index (χ3v) is 2.54. The van der Waals surface area contributed by atoms with Crippen LogP contribution in [0.15, 0.2) is 41.8 Å². The van der Waals surface area contributed by atoms with Crippen LogP contribution >= 0.6 is 11.3 Å². The van der Waals surface area contributed by atoms with E-state index in [9.17, 15) is 5.11 Å². The third kappa shape index (κ3) is 5.21. The Morgan fingerprint density at radius 3 is 3.07 bits per heavy atom. The lowest BCUT2D eigenvalue weighted by Gasteiger charge is -1.95. The Bertz CT molecular complexity index is 376. The van der Waals surface area contributed by atoms with Crippen molar-refractivity contribution in [3.63, 3.8) is 0 Å². The van der Waals surface area contributed by atoms with Crippen molar-refractivity contribution in [1.29, 1.82) is 0 Å². The highest BCUT2D eigenvalue weighted by Gasteiger charge is 1.88. The Kier molecular flexibility index (Phi) is 5.54. The lowest BCUT2D eigenvalue weighted by atomic mass is 10.2. The summed E-state index contributed by atoms with van der Waals surface area (Å²) in [6.07, 6.45) is 7.57. The monoisotopic (exact) mass is 218 g/mol. The van der Waals surface area contributed by atoms with Crippen molar-refractivity contribution in [2.24, 2.45) is 0 Å². The molecule has 0 radical (unpaired) electrons. The van der Waals surface area contributed by atoms with Gasteiger partial charge in [-0.25, -0.2) is 0 Å². The molecule has 1 nitrogen and oxygen atoms in total. The lowest BCUT2D eigenvalue weighted by Crippen LogP contribution is -1.97. The van der Waals surface area contributed by atoms with Crippen LogP contribution in [0.4, 0.5) is 0 Å². The second kappa shape index (κ2) is 7.05. The summed E-state index contributed by atoms with van der Waals surface area (Å²) in [7, 11) is 0. The standard InChI is InChI=1S/C13H14OS/c1-2-12(14)8-5-3-4-6-9-13-10-7-11-15-13/h3-5,7-8,10-12,14H,2H2,1H3/b4-3+,8-5+. The molecule has 0 amide bonds. The molecule has 1 rings (SSSR count). The molecule has 1 unspecified atom stereocenters. The number of thiophene rings is 1. The topological polar surface area (TPSA) is 20.2 Å². The van der Waals surface area contributed by atoms with Gasteiger partial charge < -0.3 is 5.11 Å². The van der Waals surface area contributed by atoms with E-state index in [-0.39, 0.29) is 6.10 Å². The Hall–Kier alpha value is -1.30. The Morgan fingerprint density at radius 1 is 1.53 bits per heavy atom. The Balaban J connectivity index is 2.37. The predicted octanol–water partition coefficient (Wildman–Crippen LogP) is 2.98. The highest BCUT2D eigenvalue weighted by atomic mass is 32.1. The van der Waals surface area contributed by atoms with Gasteiger partial charge in [0.15, 0.2) is 0 Å². The zero-order valence-corrected chi connectivity index (χ0v) is 9.50. The van der Waals surface area contributed by atoms with Crippen LogP contribution in [0.3, 0.4) is 0 Å². The summed E-state index contributed by atoms with van der Waals surface area (Å²) in [4.78, 5) is 1.07. The normalized spacial score (nSPS) is 12.9. The third-order valence-electron chi connectivity index (χ3n) is 1.76. The van der Waals surface area contributed by atoms with E-state index >= 15 is 0 Å². The van der Waals surface area contributed by atoms with Gasteiger partial charge in [0.25, 0.3) is 0 Å². The molecule has 0 aliphatic carbocycles. The van der Waals surface area contributed by atoms with Gasteiger partial charge in [0.1, 0.15) is 0 Å². The smallest absolute Gasteiger partial charge is 0.0771 e. The fourth-order valence-corrected chi connectivity index (χ4v) is 1.47. The fraction of sp³-hybridized carbons (Fsp3) is 0.231. The molecule has 0 fully saturated rings. The lowest BCUT2D eigenvalue weighted by molar-refractivity contribution is 0.219. The van der Waals surface area contributed by atoms with E-state index in [0.29, 0.717) is 0 Å². The molecule has 15 heavy (non-hydrogen) atoms. The van der Waals surface area contributed by atoms with E-state index in [1.807, 2.05) is 36.6 Å². The summed E-state index contributed by atoms with van der Waals surface area (Å²) in [5.41, 5.74) is 0. The van der Waals surface area contributed by atoms with Crippen molar-refractivity contribution in [3.05, 3.63) is 46.7 Å². The average Bonchev–Trinajstić information content (AvgIpc) is 2.75. The first-order valence-electron chi connectivity index (χ1n) is 4.89. The molecule has 0 aromatic carbocycles. The van der Waals surface area contributed by atoms with E-state index in [2.05, 4.69) is 11.8 Å². The summed E-state index contributed by atoms with van der Waals surface area (Å²) < 4.78 is 0. The van der Waals surface area contributed by atoms with Gasteiger partial charge in [-0.15, -0.1) is 11.3 Å². The molecule has 0 spiro atoms. The Labute approximate surface area is 94.8 Å². The SMILES string of the molecule is CCC(O)/C=C/C=C/C#Cc1cccs1. The van der Waals surface area contributed by atoms with Crippen molar-refractivity contribution in [3.8, 4) is 11.8 Å². The van der Waals surface area contributed by atoms with Crippen LogP contribution in [0, 0.1) is 11.8 Å². The van der Waals surface area contributed by atoms with Gasteiger partial charge in [-0.05, 0) is 23.9 Å². The van der Waals surface area contributed by atoms with Gasteiger partial charge in [-0.1, -0.05) is 43.1 Å². The predicted molar refractivity (Wildman–Crippen MR) is 65.8 cm³/mol. The quantitative estimate of drug-likeness (QED) is 0.611. The van der Waals surface area contributed by atoms with Crippen molar-refractivity contribution < 1.29 is 5.11 Å². The summed E-state index contributed by atoms with van der Waals surface area (Å²) in [6.45, 7) is 1.94. The van der Waals surface area contributed by atoms with Gasteiger partial charge in [0, 0.05) is 0 Å². The van der Waals surface area contributed by atoms with Crippen molar-refractivity contribution in [2.45, 2.75) is 19.4 Å². The molecule has 1 aromatic rings. The van der Waals surface area contributed by atoms with E-state index in [0.717, 1.165) is 11.3 Å². The molecule has 0 aliphatic rings. The molecule has 1 atom stereocenters. The van der Waals surface area contributed by atoms with Gasteiger partial charge in [0.05, 0.1) is 11.0 Å². The summed E-state index contributed by atoms with van der Waals surface area (Å²) in [6, 6.07) is 3.97. The van der Waals surface area contributed by atoms with Crippen molar-refractivity contribution in [1.82, 2.24) is 0 Å². The van der Waals surface area contributed by atoms with E-state index in [1.54, 1.807) is 23.5 Å². The fourth-order valence-electron chi connectivity index (χ4n) is 0.895. The van der Waals surface area contributed by atoms with E-state index in [4.69, 9.17) is 0 Å². The molecule has 2 heteroatoms. The summed E-state index contributed by atoms with van der Waals surface area (Å²) >= 11 is 1.63. The first kappa shape index (κ1) is 11.8. The minimum absolute atomic E-state index is 0.347. The number of allylic oxidation sites excluding steroid dienone is 3. The van der Waals surface area contributed by atoms with Gasteiger partial charge in [-0.3, -0.25) is 0 Å². The van der Waals surface area contributed by atoms with Gasteiger partial charge in [-0.2, -0.15) is 0 Å². The molecule has 1 aromatic heterocycles. The van der Waals surface area contributed by atoms with Crippen LogP contribution in [0.5, 0.6) is 0 Å². The summed E-state index contributed by atoms with van der Waals surface area (Å²) in [5.74, 6) is 5.94. The molecule has 1 N–H and O–H groups in total. The maximum Gasteiger partial charge on any atom is 0.0771 e. The van der Waals surface area contributed by atoms with Gasteiger partial charge in [0.2, 0.25) is 0 Å². The molecule has 1 heterocycles. The first-order chi connectivity index (χ1) is 7.33. The molecular weight excluding hydrogens is 204 g/mol. The zero-order chi connectivity index (χ0) is 10.9. The molecule has 0 bridgehead atoms. The summed E-state index contributed by atoms with van der Waals surface area (Å²) in [5, 5.41) is 11.2. The van der Waals surface area contributed by atoms with Crippen LogP contribution in [-0.2, 0) is 0 Å². The van der Waals surface area contributed by atoms with E-state index < -0.39 is 0 Å². The highest BCUT2D eigenvalue weighted by molar-refractivity contribution is 7.10. The van der Waals surface area contributed by atoms with Gasteiger partial charge >= 0.3 is 0 Å². The molecular formula is C13H14OS. The average molecular weight is 218 g/mol. The maximum absolute atomic E-state index is 9.21. The van der Waals surface area contributed by atoms with Crippen LogP contribution in [-0.4, -0.2) is 11.2 Å². The maximum atomic E-state index is 9.21. The van der Waals surface area contributed by atoms with Crippen LogP contribution in [0.2, 0.25) is 0 Å². The number of aliphatic hydroxyl groups is 1. The second-order valence-corrected chi connectivity index (χ2v) is 3.91.